The molecule has 5 heteroatoms. The van der Waals surface area contributed by atoms with Crippen molar-refractivity contribution in [2.45, 2.75) is 12.4 Å². The second kappa shape index (κ2) is 5.45. The van der Waals surface area contributed by atoms with Crippen molar-refractivity contribution in [1.29, 1.82) is 0 Å². The van der Waals surface area contributed by atoms with E-state index in [9.17, 15) is 0 Å². The number of hydrogen-bond donors (Lipinski definition) is 0. The summed E-state index contributed by atoms with van der Waals surface area (Å²) in [5.41, 5.74) is 2.11. The molecule has 0 amide bonds. The lowest BCUT2D eigenvalue weighted by atomic mass is 10.2. The average molecular weight is 276 g/mol. The summed E-state index contributed by atoms with van der Waals surface area (Å²) in [5, 5.41) is 0. The molecule has 2 aromatic rings. The van der Waals surface area contributed by atoms with Crippen molar-refractivity contribution >= 4 is 17.4 Å². The van der Waals surface area contributed by atoms with Crippen molar-refractivity contribution in [3.05, 3.63) is 47.9 Å². The summed E-state index contributed by atoms with van der Waals surface area (Å²) in [4.78, 5) is 10.6. The van der Waals surface area contributed by atoms with Crippen LogP contribution in [-0.4, -0.2) is 23.1 Å². The number of para-hydroxylation sites is 1. The first-order valence-electron chi connectivity index (χ1n) is 6.19. The van der Waals surface area contributed by atoms with Gasteiger partial charge < -0.3 is 9.64 Å². The standard InChI is InChI=1S/C14H14ClN3O/c15-7-12-8-16-10-17-14(12)18-5-6-19-13-4-2-1-3-11(13)9-18/h1-4,8,10H,5-7,9H2. The van der Waals surface area contributed by atoms with Gasteiger partial charge in [0, 0.05) is 23.9 Å². The minimum Gasteiger partial charge on any atom is -0.491 e. The topological polar surface area (TPSA) is 38.2 Å². The molecule has 3 rings (SSSR count). The van der Waals surface area contributed by atoms with Gasteiger partial charge in [-0.2, -0.15) is 0 Å². The summed E-state index contributed by atoms with van der Waals surface area (Å²) in [6.07, 6.45) is 3.33. The lowest BCUT2D eigenvalue weighted by molar-refractivity contribution is 0.331. The number of fused-ring (bicyclic) bond motifs is 1. The van der Waals surface area contributed by atoms with Crippen LogP contribution >= 0.6 is 11.6 Å². The van der Waals surface area contributed by atoms with Gasteiger partial charge in [-0.25, -0.2) is 9.97 Å². The van der Waals surface area contributed by atoms with Gasteiger partial charge in [-0.15, -0.1) is 11.6 Å². The van der Waals surface area contributed by atoms with Crippen LogP contribution in [-0.2, 0) is 12.4 Å². The third kappa shape index (κ3) is 2.49. The fraction of sp³-hybridized carbons (Fsp3) is 0.286. The zero-order valence-electron chi connectivity index (χ0n) is 10.4. The maximum absolute atomic E-state index is 5.95. The highest BCUT2D eigenvalue weighted by molar-refractivity contribution is 6.17. The van der Waals surface area contributed by atoms with E-state index in [0.29, 0.717) is 12.5 Å². The van der Waals surface area contributed by atoms with Crippen molar-refractivity contribution in [3.8, 4) is 5.75 Å². The van der Waals surface area contributed by atoms with Gasteiger partial charge in [0.25, 0.3) is 0 Å². The number of rotatable bonds is 2. The molecular weight excluding hydrogens is 262 g/mol. The van der Waals surface area contributed by atoms with Crippen LogP contribution in [0.1, 0.15) is 11.1 Å². The normalized spacial score (nSPS) is 14.5. The predicted molar refractivity (Wildman–Crippen MR) is 74.6 cm³/mol. The first-order valence-corrected chi connectivity index (χ1v) is 6.72. The third-order valence-electron chi connectivity index (χ3n) is 3.16. The molecule has 0 bridgehead atoms. The lowest BCUT2D eigenvalue weighted by Crippen LogP contribution is -2.27. The SMILES string of the molecule is ClCc1cncnc1N1CCOc2ccccc2C1. The summed E-state index contributed by atoms with van der Waals surface area (Å²) in [6.45, 7) is 2.20. The fourth-order valence-electron chi connectivity index (χ4n) is 2.24. The molecule has 0 spiro atoms. The number of anilines is 1. The van der Waals surface area contributed by atoms with Crippen LogP contribution in [0.4, 0.5) is 5.82 Å². The Hall–Kier alpha value is -1.81. The van der Waals surface area contributed by atoms with E-state index < -0.39 is 0 Å². The molecular formula is C14H14ClN3O. The summed E-state index contributed by atoms with van der Waals surface area (Å²) >= 11 is 5.95. The van der Waals surface area contributed by atoms with Gasteiger partial charge in [-0.3, -0.25) is 0 Å². The maximum Gasteiger partial charge on any atom is 0.136 e. The Bertz CT molecular complexity index is 576. The minimum absolute atomic E-state index is 0.412. The number of hydrogen-bond acceptors (Lipinski definition) is 4. The number of nitrogens with zero attached hydrogens (tertiary/aromatic N) is 3. The van der Waals surface area contributed by atoms with Crippen LogP contribution in [0, 0.1) is 0 Å². The van der Waals surface area contributed by atoms with E-state index in [1.807, 2.05) is 18.2 Å². The van der Waals surface area contributed by atoms with Crippen LogP contribution in [0.15, 0.2) is 36.8 Å². The second-order valence-electron chi connectivity index (χ2n) is 4.38. The fourth-order valence-corrected chi connectivity index (χ4v) is 2.43. The van der Waals surface area contributed by atoms with Crippen molar-refractivity contribution in [1.82, 2.24) is 9.97 Å². The number of benzene rings is 1. The highest BCUT2D eigenvalue weighted by Gasteiger charge is 2.18. The minimum atomic E-state index is 0.412. The Morgan fingerprint density at radius 2 is 2.21 bits per heavy atom. The Labute approximate surface area is 117 Å². The molecule has 0 saturated carbocycles. The van der Waals surface area contributed by atoms with Crippen molar-refractivity contribution < 1.29 is 4.74 Å². The van der Waals surface area contributed by atoms with Gasteiger partial charge in [0.2, 0.25) is 0 Å². The number of ether oxygens (including phenoxy) is 1. The largest absolute Gasteiger partial charge is 0.491 e. The van der Waals surface area contributed by atoms with E-state index in [1.54, 1.807) is 12.5 Å². The third-order valence-corrected chi connectivity index (χ3v) is 3.45. The highest BCUT2D eigenvalue weighted by atomic mass is 35.5. The molecule has 0 unspecified atom stereocenters. The van der Waals surface area contributed by atoms with E-state index in [0.717, 1.165) is 30.2 Å². The summed E-state index contributed by atoms with van der Waals surface area (Å²) in [5.74, 6) is 2.26. The smallest absolute Gasteiger partial charge is 0.136 e. The molecule has 0 fully saturated rings. The molecule has 0 N–H and O–H groups in total. The molecule has 0 saturated heterocycles. The highest BCUT2D eigenvalue weighted by Crippen LogP contribution is 2.26. The maximum atomic E-state index is 5.95. The van der Waals surface area contributed by atoms with Gasteiger partial charge in [-0.1, -0.05) is 18.2 Å². The van der Waals surface area contributed by atoms with E-state index >= 15 is 0 Å². The van der Waals surface area contributed by atoms with Crippen molar-refractivity contribution in [2.75, 3.05) is 18.1 Å². The molecule has 0 radical (unpaired) electrons. The summed E-state index contributed by atoms with van der Waals surface area (Å²) in [6, 6.07) is 8.09. The zero-order valence-corrected chi connectivity index (χ0v) is 11.2. The lowest BCUT2D eigenvalue weighted by Gasteiger charge is -2.22. The molecule has 1 aliphatic heterocycles. The first kappa shape index (κ1) is 12.2. The Morgan fingerprint density at radius 3 is 3.11 bits per heavy atom. The predicted octanol–water partition coefficient (Wildman–Crippen LogP) is 2.61. The molecule has 98 valence electrons. The van der Waals surface area contributed by atoms with Crippen LogP contribution < -0.4 is 9.64 Å². The number of alkyl halides is 1. The quantitative estimate of drug-likeness (QED) is 0.790. The molecule has 0 atom stereocenters. The van der Waals surface area contributed by atoms with E-state index in [2.05, 4.69) is 20.9 Å². The van der Waals surface area contributed by atoms with E-state index in [4.69, 9.17) is 16.3 Å². The summed E-state index contributed by atoms with van der Waals surface area (Å²) in [7, 11) is 0. The monoisotopic (exact) mass is 275 g/mol. The van der Waals surface area contributed by atoms with Crippen LogP contribution in [0.25, 0.3) is 0 Å². The van der Waals surface area contributed by atoms with E-state index in [1.165, 1.54) is 5.56 Å². The van der Waals surface area contributed by atoms with Gasteiger partial charge in [-0.05, 0) is 6.07 Å². The van der Waals surface area contributed by atoms with E-state index in [-0.39, 0.29) is 0 Å². The van der Waals surface area contributed by atoms with Crippen molar-refractivity contribution in [2.24, 2.45) is 0 Å². The molecule has 2 heterocycles. The molecule has 1 aliphatic rings. The zero-order chi connectivity index (χ0) is 13.1. The molecule has 1 aromatic carbocycles. The van der Waals surface area contributed by atoms with Crippen LogP contribution in [0.5, 0.6) is 5.75 Å². The Kier molecular flexibility index (Phi) is 3.51. The van der Waals surface area contributed by atoms with Gasteiger partial charge >= 0.3 is 0 Å². The average Bonchev–Trinajstić information content (AvgIpc) is 2.69. The summed E-state index contributed by atoms with van der Waals surface area (Å²) < 4.78 is 5.76. The first-order chi connectivity index (χ1) is 9.38. The Morgan fingerprint density at radius 1 is 1.32 bits per heavy atom. The van der Waals surface area contributed by atoms with Gasteiger partial charge in [0.1, 0.15) is 24.5 Å². The second-order valence-corrected chi connectivity index (χ2v) is 4.65. The van der Waals surface area contributed by atoms with Crippen LogP contribution in [0.3, 0.4) is 0 Å². The molecule has 1 aromatic heterocycles. The number of aromatic nitrogens is 2. The number of halogens is 1. The van der Waals surface area contributed by atoms with Gasteiger partial charge in [0.15, 0.2) is 0 Å². The van der Waals surface area contributed by atoms with Crippen LogP contribution in [0.2, 0.25) is 0 Å². The molecule has 0 aliphatic carbocycles. The molecule has 19 heavy (non-hydrogen) atoms. The molecule has 4 nitrogen and oxygen atoms in total. The van der Waals surface area contributed by atoms with Gasteiger partial charge in [0.05, 0.1) is 12.4 Å². The Balaban J connectivity index is 1.94. The van der Waals surface area contributed by atoms with Crippen molar-refractivity contribution in [3.63, 3.8) is 0 Å².